The highest BCUT2D eigenvalue weighted by molar-refractivity contribution is 7.91. The number of benzene rings is 1. The number of nitrogens with zero attached hydrogens (tertiary/aromatic N) is 2. The van der Waals surface area contributed by atoms with E-state index < -0.39 is 9.84 Å². The van der Waals surface area contributed by atoms with Crippen molar-refractivity contribution in [2.45, 2.75) is 11.8 Å². The highest BCUT2D eigenvalue weighted by Crippen LogP contribution is 2.35. The molecule has 0 spiro atoms. The van der Waals surface area contributed by atoms with Gasteiger partial charge in [-0.2, -0.15) is 0 Å². The van der Waals surface area contributed by atoms with Crippen LogP contribution in [0.4, 0.5) is 0 Å². The van der Waals surface area contributed by atoms with Crippen LogP contribution in [-0.2, 0) is 16.9 Å². The van der Waals surface area contributed by atoms with Crippen LogP contribution < -0.4 is 10.3 Å². The Balaban J connectivity index is 2.41. The quantitative estimate of drug-likeness (QED) is 0.716. The normalized spacial score (nSPS) is 11.6. The number of rotatable bonds is 4. The lowest BCUT2D eigenvalue weighted by Gasteiger charge is -2.14. The molecule has 1 aromatic carbocycles. The van der Waals surface area contributed by atoms with Gasteiger partial charge in [0.2, 0.25) is 0 Å². The number of pyridine rings is 2. The Labute approximate surface area is 145 Å². The summed E-state index contributed by atoms with van der Waals surface area (Å²) in [5, 5.41) is 1.16. The van der Waals surface area contributed by atoms with Crippen molar-refractivity contribution < 1.29 is 13.2 Å². The van der Waals surface area contributed by atoms with Crippen molar-refractivity contribution in [1.82, 2.24) is 9.55 Å². The summed E-state index contributed by atoms with van der Waals surface area (Å²) in [4.78, 5) is 16.7. The van der Waals surface area contributed by atoms with Crippen LogP contribution in [0.3, 0.4) is 0 Å². The van der Waals surface area contributed by atoms with E-state index in [0.717, 1.165) is 0 Å². The van der Waals surface area contributed by atoms with E-state index in [1.807, 2.05) is 0 Å². The smallest absolute Gasteiger partial charge is 0.258 e. The Bertz CT molecular complexity index is 1120. The van der Waals surface area contributed by atoms with Crippen LogP contribution >= 0.6 is 0 Å². The summed E-state index contributed by atoms with van der Waals surface area (Å²) in [6.07, 6.45) is 4.84. The molecule has 0 fully saturated rings. The van der Waals surface area contributed by atoms with Crippen LogP contribution in [0.2, 0.25) is 0 Å². The SMILES string of the molecule is CCS(=O)(=O)c1ccc(OC)c(-c2cn(C)c(=O)c3ccncc23)c1. The van der Waals surface area contributed by atoms with Crippen molar-refractivity contribution in [2.24, 2.45) is 7.05 Å². The predicted molar refractivity (Wildman–Crippen MR) is 96.7 cm³/mol. The fourth-order valence-corrected chi connectivity index (χ4v) is 3.69. The zero-order chi connectivity index (χ0) is 18.2. The zero-order valence-electron chi connectivity index (χ0n) is 14.2. The minimum absolute atomic E-state index is 0.00828. The molecule has 25 heavy (non-hydrogen) atoms. The maximum atomic E-state index is 12.3. The lowest BCUT2D eigenvalue weighted by Crippen LogP contribution is -2.16. The molecule has 0 amide bonds. The van der Waals surface area contributed by atoms with Crippen LogP contribution in [-0.4, -0.2) is 30.8 Å². The van der Waals surface area contributed by atoms with Gasteiger partial charge in [-0.25, -0.2) is 8.42 Å². The van der Waals surface area contributed by atoms with E-state index in [-0.39, 0.29) is 16.2 Å². The zero-order valence-corrected chi connectivity index (χ0v) is 15.0. The second kappa shape index (κ2) is 6.33. The van der Waals surface area contributed by atoms with Gasteiger partial charge in [0.1, 0.15) is 5.75 Å². The molecule has 0 saturated heterocycles. The van der Waals surface area contributed by atoms with E-state index in [1.165, 1.54) is 17.7 Å². The van der Waals surface area contributed by atoms with E-state index in [2.05, 4.69) is 4.98 Å². The van der Waals surface area contributed by atoms with Crippen molar-refractivity contribution in [3.63, 3.8) is 0 Å². The van der Waals surface area contributed by atoms with Crippen LogP contribution in [0.25, 0.3) is 21.9 Å². The molecule has 0 unspecified atom stereocenters. The van der Waals surface area contributed by atoms with Crippen molar-refractivity contribution in [2.75, 3.05) is 12.9 Å². The van der Waals surface area contributed by atoms with Gasteiger partial charge in [0, 0.05) is 42.2 Å². The van der Waals surface area contributed by atoms with Gasteiger partial charge in [0.05, 0.1) is 23.1 Å². The Morgan fingerprint density at radius 3 is 2.60 bits per heavy atom. The molecule has 3 rings (SSSR count). The third kappa shape index (κ3) is 2.91. The summed E-state index contributed by atoms with van der Waals surface area (Å²) in [6.45, 7) is 1.60. The standard InChI is InChI=1S/C18H18N2O4S/c1-4-25(22,23)12-5-6-17(24-3)14(9-12)16-11-20(2)18(21)13-7-8-19-10-15(13)16/h5-11H,4H2,1-3H3. The van der Waals surface area contributed by atoms with E-state index in [4.69, 9.17) is 4.74 Å². The molecule has 7 heteroatoms. The van der Waals surface area contributed by atoms with E-state index in [0.29, 0.717) is 27.6 Å². The third-order valence-corrected chi connectivity index (χ3v) is 5.92. The summed E-state index contributed by atoms with van der Waals surface area (Å²) in [5.41, 5.74) is 1.15. The van der Waals surface area contributed by atoms with Gasteiger partial charge in [-0.15, -0.1) is 0 Å². The highest BCUT2D eigenvalue weighted by atomic mass is 32.2. The van der Waals surface area contributed by atoms with Gasteiger partial charge in [-0.1, -0.05) is 6.92 Å². The predicted octanol–water partition coefficient (Wildman–Crippen LogP) is 2.40. The number of aryl methyl sites for hydroxylation is 1. The summed E-state index contributed by atoms with van der Waals surface area (Å²) in [5.74, 6) is 0.535. The fourth-order valence-electron chi connectivity index (χ4n) is 2.78. The molecule has 2 aromatic heterocycles. The maximum Gasteiger partial charge on any atom is 0.258 e. The van der Waals surface area contributed by atoms with Gasteiger partial charge < -0.3 is 9.30 Å². The highest BCUT2D eigenvalue weighted by Gasteiger charge is 2.18. The third-order valence-electron chi connectivity index (χ3n) is 4.19. The summed E-state index contributed by atoms with van der Waals surface area (Å²) in [6, 6.07) is 6.40. The van der Waals surface area contributed by atoms with Gasteiger partial charge in [-0.05, 0) is 24.3 Å². The summed E-state index contributed by atoms with van der Waals surface area (Å²) in [7, 11) is -0.184. The Kier molecular flexibility index (Phi) is 4.34. The molecule has 0 aliphatic rings. The monoisotopic (exact) mass is 358 g/mol. The largest absolute Gasteiger partial charge is 0.496 e. The topological polar surface area (TPSA) is 78.3 Å². The molecule has 0 saturated carbocycles. The number of ether oxygens (including phenoxy) is 1. The minimum Gasteiger partial charge on any atom is -0.496 e. The maximum absolute atomic E-state index is 12.3. The number of aromatic nitrogens is 2. The number of fused-ring (bicyclic) bond motifs is 1. The molecule has 2 heterocycles. The van der Waals surface area contributed by atoms with Gasteiger partial charge in [-0.3, -0.25) is 9.78 Å². The van der Waals surface area contributed by atoms with E-state index in [9.17, 15) is 13.2 Å². The Morgan fingerprint density at radius 1 is 1.16 bits per heavy atom. The van der Waals surface area contributed by atoms with Crippen molar-refractivity contribution in [1.29, 1.82) is 0 Å². The molecule has 3 aromatic rings. The summed E-state index contributed by atoms with van der Waals surface area (Å²) >= 11 is 0. The average Bonchev–Trinajstić information content (AvgIpc) is 2.64. The molecule has 0 radical (unpaired) electrons. The number of methoxy groups -OCH3 is 1. The summed E-state index contributed by atoms with van der Waals surface area (Å²) < 4.78 is 31.4. The Hall–Kier alpha value is -2.67. The molecular formula is C18H18N2O4S. The first-order chi connectivity index (χ1) is 11.9. The van der Waals surface area contributed by atoms with Crippen LogP contribution in [0.1, 0.15) is 6.92 Å². The molecule has 0 aliphatic heterocycles. The molecule has 130 valence electrons. The second-order valence-electron chi connectivity index (χ2n) is 5.65. The lowest BCUT2D eigenvalue weighted by atomic mass is 10.0. The van der Waals surface area contributed by atoms with Crippen LogP contribution in [0.15, 0.2) is 52.5 Å². The molecule has 0 atom stereocenters. The fraction of sp³-hybridized carbons (Fsp3) is 0.222. The first-order valence-electron chi connectivity index (χ1n) is 7.73. The van der Waals surface area contributed by atoms with Crippen LogP contribution in [0, 0.1) is 0 Å². The molecule has 0 aliphatic carbocycles. The molecular weight excluding hydrogens is 340 g/mol. The first-order valence-corrected chi connectivity index (χ1v) is 9.38. The second-order valence-corrected chi connectivity index (χ2v) is 7.92. The van der Waals surface area contributed by atoms with Crippen molar-refractivity contribution in [3.8, 4) is 16.9 Å². The first kappa shape index (κ1) is 17.2. The number of hydrogen-bond donors (Lipinski definition) is 0. The Morgan fingerprint density at radius 2 is 1.92 bits per heavy atom. The van der Waals surface area contributed by atoms with Gasteiger partial charge in [0.15, 0.2) is 9.84 Å². The van der Waals surface area contributed by atoms with Crippen LogP contribution in [0.5, 0.6) is 5.75 Å². The van der Waals surface area contributed by atoms with Crippen molar-refractivity contribution in [3.05, 3.63) is 53.2 Å². The molecule has 0 bridgehead atoms. The van der Waals surface area contributed by atoms with E-state index in [1.54, 1.807) is 50.8 Å². The average molecular weight is 358 g/mol. The van der Waals surface area contributed by atoms with Crippen molar-refractivity contribution >= 4 is 20.6 Å². The number of hydrogen-bond acceptors (Lipinski definition) is 5. The van der Waals surface area contributed by atoms with Gasteiger partial charge >= 0.3 is 0 Å². The van der Waals surface area contributed by atoms with E-state index >= 15 is 0 Å². The lowest BCUT2D eigenvalue weighted by molar-refractivity contribution is 0.416. The molecule has 6 nitrogen and oxygen atoms in total. The minimum atomic E-state index is -3.36. The number of sulfone groups is 1. The molecule has 0 N–H and O–H groups in total. The van der Waals surface area contributed by atoms with Gasteiger partial charge in [0.25, 0.3) is 5.56 Å².